The number of nitrogens with one attached hydrogen (secondary N) is 2. The highest BCUT2D eigenvalue weighted by molar-refractivity contribution is 6.18. The molecular formula is C30H29F2N7O3. The number of H-pyrrole nitrogens is 1. The molecule has 2 aliphatic heterocycles. The van der Waals surface area contributed by atoms with Crippen molar-refractivity contribution < 1.29 is 18.7 Å². The van der Waals surface area contributed by atoms with Crippen molar-refractivity contribution in [2.45, 2.75) is 18.5 Å². The van der Waals surface area contributed by atoms with Gasteiger partial charge in [0.2, 0.25) is 0 Å². The number of nitrogens with zero attached hydrogens (tertiary/aromatic N) is 4. The molecule has 1 aromatic carbocycles. The zero-order chi connectivity index (χ0) is 29.5. The van der Waals surface area contributed by atoms with Crippen LogP contribution < -0.4 is 21.5 Å². The first-order chi connectivity index (χ1) is 20.1. The predicted molar refractivity (Wildman–Crippen MR) is 157 cm³/mol. The van der Waals surface area contributed by atoms with E-state index in [9.17, 15) is 19.1 Å². The van der Waals surface area contributed by atoms with Crippen molar-refractivity contribution in [2.24, 2.45) is 11.7 Å². The summed E-state index contributed by atoms with van der Waals surface area (Å²) < 4.78 is 31.9. The van der Waals surface area contributed by atoms with Crippen LogP contribution in [0, 0.1) is 17.6 Å². The second-order valence-corrected chi connectivity index (χ2v) is 11.3. The Morgan fingerprint density at radius 3 is 2.71 bits per heavy atom. The molecule has 7 rings (SSSR count). The lowest BCUT2D eigenvalue weighted by Crippen LogP contribution is -2.64. The molecule has 216 valence electrons. The van der Waals surface area contributed by atoms with E-state index in [1.165, 1.54) is 10.5 Å². The largest absolute Gasteiger partial charge is 0.477 e. The smallest absolute Gasteiger partial charge is 0.341 e. The molecule has 4 aromatic heterocycles. The van der Waals surface area contributed by atoms with E-state index in [4.69, 9.17) is 5.73 Å². The van der Waals surface area contributed by atoms with Gasteiger partial charge in [-0.15, -0.1) is 0 Å². The number of hydrogen-bond donors (Lipinski definition) is 4. The lowest BCUT2D eigenvalue weighted by molar-refractivity contribution is 0.0694. The minimum atomic E-state index is -1.32. The van der Waals surface area contributed by atoms with E-state index in [0.717, 1.165) is 25.5 Å². The lowest BCUT2D eigenvalue weighted by atomic mass is 9.86. The Balaban J connectivity index is 1.54. The molecule has 5 aromatic rings. The summed E-state index contributed by atoms with van der Waals surface area (Å²) in [5.41, 5.74) is 8.77. The number of fused-ring (bicyclic) bond motifs is 5. The molecule has 2 aliphatic rings. The van der Waals surface area contributed by atoms with Gasteiger partial charge in [0.1, 0.15) is 11.2 Å². The topological polar surface area (TPSA) is 132 Å². The van der Waals surface area contributed by atoms with Crippen LogP contribution in [0.4, 0.5) is 20.2 Å². The molecule has 10 nitrogen and oxygen atoms in total. The maximum absolute atomic E-state index is 15.7. The van der Waals surface area contributed by atoms with Gasteiger partial charge in [-0.05, 0) is 44.0 Å². The van der Waals surface area contributed by atoms with E-state index >= 15 is 4.39 Å². The van der Waals surface area contributed by atoms with Crippen molar-refractivity contribution in [2.75, 3.05) is 43.9 Å². The van der Waals surface area contributed by atoms with Crippen LogP contribution >= 0.6 is 0 Å². The number of aromatic carboxylic acids is 1. The number of carbonyl (C=O) groups is 1. The van der Waals surface area contributed by atoms with Crippen LogP contribution in [-0.4, -0.2) is 69.7 Å². The van der Waals surface area contributed by atoms with Crippen LogP contribution in [0.1, 0.15) is 23.2 Å². The lowest BCUT2D eigenvalue weighted by Gasteiger charge is -2.47. The van der Waals surface area contributed by atoms with Gasteiger partial charge < -0.3 is 26.0 Å². The summed E-state index contributed by atoms with van der Waals surface area (Å²) in [6, 6.07) is 7.47. The minimum Gasteiger partial charge on any atom is -0.477 e. The Kier molecular flexibility index (Phi) is 5.79. The third-order valence-corrected chi connectivity index (χ3v) is 9.16. The fourth-order valence-corrected chi connectivity index (χ4v) is 6.85. The van der Waals surface area contributed by atoms with Gasteiger partial charge in [-0.25, -0.2) is 18.6 Å². The number of aromatic amines is 1. The van der Waals surface area contributed by atoms with Crippen LogP contribution in [-0.2, 0) is 0 Å². The average molecular weight is 574 g/mol. The number of nitrogens with two attached hydrogens (primary N) is 1. The third kappa shape index (κ3) is 3.64. The van der Waals surface area contributed by atoms with Gasteiger partial charge in [-0.2, -0.15) is 0 Å². The van der Waals surface area contributed by atoms with E-state index in [1.807, 2.05) is 7.05 Å². The summed E-state index contributed by atoms with van der Waals surface area (Å²) >= 11 is 0. The normalized spacial score (nSPS) is 21.0. The maximum Gasteiger partial charge on any atom is 0.341 e. The molecule has 1 unspecified atom stereocenters. The zero-order valence-corrected chi connectivity index (χ0v) is 23.0. The number of hydrogen-bond acceptors (Lipinski definition) is 7. The summed E-state index contributed by atoms with van der Waals surface area (Å²) in [5.74, 6) is -3.02. The van der Waals surface area contributed by atoms with Gasteiger partial charge in [0.05, 0.1) is 33.3 Å². The molecule has 12 heteroatoms. The molecule has 0 aliphatic carbocycles. The van der Waals surface area contributed by atoms with E-state index in [1.54, 1.807) is 37.6 Å². The summed E-state index contributed by atoms with van der Waals surface area (Å²) in [6.07, 6.45) is 5.00. The second-order valence-electron chi connectivity index (χ2n) is 11.3. The van der Waals surface area contributed by atoms with Crippen molar-refractivity contribution in [1.82, 2.24) is 19.3 Å². The predicted octanol–water partition coefficient (Wildman–Crippen LogP) is 3.83. The Morgan fingerprint density at radius 2 is 1.95 bits per heavy atom. The fraction of sp³-hybridized carbons (Fsp3) is 0.300. The number of piperidine rings is 1. The molecular weight excluding hydrogens is 544 g/mol. The Bertz CT molecular complexity index is 2010. The number of likely N-dealkylation sites (N-methyl/N-ethyl adjacent to an activating group) is 1. The van der Waals surface area contributed by atoms with Gasteiger partial charge in [0.25, 0.3) is 5.56 Å². The molecule has 0 saturated carbocycles. The highest BCUT2D eigenvalue weighted by atomic mass is 19.2. The molecule has 0 spiro atoms. The molecule has 2 saturated heterocycles. The molecule has 2 atom stereocenters. The van der Waals surface area contributed by atoms with E-state index in [2.05, 4.69) is 25.1 Å². The van der Waals surface area contributed by atoms with Crippen LogP contribution in [0.25, 0.3) is 38.6 Å². The number of aromatic nitrogens is 3. The van der Waals surface area contributed by atoms with Crippen LogP contribution in [0.3, 0.4) is 0 Å². The molecule has 42 heavy (non-hydrogen) atoms. The third-order valence-electron chi connectivity index (χ3n) is 9.16. The first-order valence-corrected chi connectivity index (χ1v) is 13.8. The second kappa shape index (κ2) is 9.23. The summed E-state index contributed by atoms with van der Waals surface area (Å²) in [4.78, 5) is 36.8. The van der Waals surface area contributed by atoms with E-state index in [-0.39, 0.29) is 10.9 Å². The zero-order valence-electron chi connectivity index (χ0n) is 23.0. The highest BCUT2D eigenvalue weighted by Crippen LogP contribution is 2.46. The van der Waals surface area contributed by atoms with Gasteiger partial charge >= 0.3 is 5.97 Å². The van der Waals surface area contributed by atoms with Crippen molar-refractivity contribution >= 4 is 44.8 Å². The number of pyridine rings is 3. The van der Waals surface area contributed by atoms with E-state index < -0.39 is 28.8 Å². The molecule has 2 fully saturated rings. The average Bonchev–Trinajstić information content (AvgIpc) is 3.51. The first kappa shape index (κ1) is 26.4. The Morgan fingerprint density at radius 1 is 1.19 bits per heavy atom. The first-order valence-electron chi connectivity index (χ1n) is 13.8. The van der Waals surface area contributed by atoms with Gasteiger partial charge in [0.15, 0.2) is 11.6 Å². The number of benzene rings is 1. The number of anilines is 2. The molecule has 0 amide bonds. The molecule has 0 radical (unpaired) electrons. The number of carboxylic acid groups (broad SMARTS) is 1. The number of rotatable bonds is 4. The Labute approximate surface area is 238 Å². The standard InChI is InChI=1S/C30H29F2N7O3/c1-34-21-11-20(31)24(32)22-23-26(38-10-8-16-7-9-37(2)30(16,33)14-38)19(12-35-27(23)36-25(21)22)15-3-4-17-5-6-18(29(41)42)28(40)39(17)13-15/h3-6,11-13,16,34H,7-10,14,33H2,1-2H3,(H,35,36)(H,41,42)/t16?,30-/m0/s1. The molecule has 5 N–H and O–H groups in total. The summed E-state index contributed by atoms with van der Waals surface area (Å²) in [5, 5.41) is 12.9. The number of halogens is 2. The molecule has 6 heterocycles. The van der Waals surface area contributed by atoms with Crippen LogP contribution in [0.15, 0.2) is 47.5 Å². The SMILES string of the molecule is CNc1cc(F)c(F)c2c1[nH]c1ncc(-c3ccc4ccc(C(=O)O)c(=O)n4c3)c(N3CCC4CCN(C)[C@@]4(N)C3)c12. The van der Waals surface area contributed by atoms with Crippen LogP contribution in [0.5, 0.6) is 0 Å². The highest BCUT2D eigenvalue weighted by Gasteiger charge is 2.48. The minimum absolute atomic E-state index is 0.0674. The van der Waals surface area contributed by atoms with E-state index in [0.29, 0.717) is 63.6 Å². The summed E-state index contributed by atoms with van der Waals surface area (Å²) in [7, 11) is 3.64. The fourth-order valence-electron chi connectivity index (χ4n) is 6.85. The van der Waals surface area contributed by atoms with Crippen molar-refractivity contribution in [1.29, 1.82) is 0 Å². The van der Waals surface area contributed by atoms with Gasteiger partial charge in [-0.3, -0.25) is 14.1 Å². The Hall–Kier alpha value is -4.55. The van der Waals surface area contributed by atoms with Crippen molar-refractivity contribution in [3.8, 4) is 11.1 Å². The monoisotopic (exact) mass is 573 g/mol. The van der Waals surface area contributed by atoms with Crippen molar-refractivity contribution in [3.05, 3.63) is 70.3 Å². The maximum atomic E-state index is 15.7. The number of carboxylic acids is 1. The summed E-state index contributed by atoms with van der Waals surface area (Å²) in [6.45, 7) is 1.94. The van der Waals surface area contributed by atoms with Gasteiger partial charge in [-0.1, -0.05) is 6.07 Å². The molecule has 0 bridgehead atoms. The van der Waals surface area contributed by atoms with Crippen LogP contribution in [0.2, 0.25) is 0 Å². The van der Waals surface area contributed by atoms with Crippen molar-refractivity contribution in [3.63, 3.8) is 0 Å². The van der Waals surface area contributed by atoms with Gasteiger partial charge in [0, 0.05) is 61.8 Å². The number of likely N-dealkylation sites (tertiary alicyclic amines) is 1. The quantitative estimate of drug-likeness (QED) is 0.255.